The predicted octanol–water partition coefficient (Wildman–Crippen LogP) is 14.4. The van der Waals surface area contributed by atoms with E-state index in [0.717, 1.165) is 73.2 Å². The summed E-state index contributed by atoms with van der Waals surface area (Å²) in [4.78, 5) is 10.0. The molecule has 0 amide bonds. The molecule has 266 valence electrons. The SMILES string of the molecule is C1=C\CCc2c(ccc3cccnc23)\C(c2ccc3c(ccc4ccc(-c5ccc(-c6nc7ccccc7c7c6ccc6c8ccccc8oc67)cc5)cc43)c2)=C/1. The van der Waals surface area contributed by atoms with Crippen molar-refractivity contribution in [1.82, 2.24) is 9.97 Å². The summed E-state index contributed by atoms with van der Waals surface area (Å²) in [5.41, 5.74) is 13.3. The smallest absolute Gasteiger partial charge is 0.144 e. The van der Waals surface area contributed by atoms with Crippen LogP contribution in [0.2, 0.25) is 0 Å². The van der Waals surface area contributed by atoms with Crippen molar-refractivity contribution in [2.45, 2.75) is 12.8 Å². The Balaban J connectivity index is 0.942. The second kappa shape index (κ2) is 12.6. The van der Waals surface area contributed by atoms with Crippen LogP contribution < -0.4 is 0 Å². The van der Waals surface area contributed by atoms with Crippen LogP contribution >= 0.6 is 0 Å². The number of hydrogen-bond acceptors (Lipinski definition) is 3. The van der Waals surface area contributed by atoms with E-state index >= 15 is 0 Å². The Labute approximate surface area is 328 Å². The first kappa shape index (κ1) is 31.9. The van der Waals surface area contributed by atoms with Gasteiger partial charge in [0.15, 0.2) is 0 Å². The first-order chi connectivity index (χ1) is 28.2. The molecule has 1 aliphatic carbocycles. The first-order valence-electron chi connectivity index (χ1n) is 19.7. The highest BCUT2D eigenvalue weighted by molar-refractivity contribution is 6.24. The molecule has 3 nitrogen and oxygen atoms in total. The summed E-state index contributed by atoms with van der Waals surface area (Å²) in [5, 5.41) is 11.7. The Kier molecular flexibility index (Phi) is 7.05. The summed E-state index contributed by atoms with van der Waals surface area (Å²) in [6.07, 6.45) is 10.6. The molecule has 3 heteroatoms. The van der Waals surface area contributed by atoms with Gasteiger partial charge >= 0.3 is 0 Å². The molecule has 3 heterocycles. The molecule has 0 saturated heterocycles. The fourth-order valence-electron chi connectivity index (χ4n) is 9.21. The maximum Gasteiger partial charge on any atom is 0.144 e. The zero-order chi connectivity index (χ0) is 37.5. The summed E-state index contributed by atoms with van der Waals surface area (Å²) in [5.74, 6) is 0. The lowest BCUT2D eigenvalue weighted by atomic mass is 9.87. The Morgan fingerprint density at radius 3 is 2.21 bits per heavy atom. The average molecular weight is 727 g/mol. The normalized spacial score (nSPS) is 14.6. The van der Waals surface area contributed by atoms with Crippen LogP contribution in [0.15, 0.2) is 187 Å². The number of aryl methyl sites for hydroxylation is 1. The molecule has 0 aliphatic heterocycles. The fourth-order valence-corrected chi connectivity index (χ4v) is 9.21. The molecule has 1 aliphatic rings. The van der Waals surface area contributed by atoms with E-state index in [4.69, 9.17) is 14.4 Å². The van der Waals surface area contributed by atoms with Gasteiger partial charge in [-0.1, -0.05) is 140 Å². The maximum absolute atomic E-state index is 6.55. The van der Waals surface area contributed by atoms with Crippen molar-refractivity contribution in [2.75, 3.05) is 0 Å². The van der Waals surface area contributed by atoms with Crippen LogP contribution in [0, 0.1) is 0 Å². The van der Waals surface area contributed by atoms with Crippen molar-refractivity contribution in [2.24, 2.45) is 0 Å². The maximum atomic E-state index is 6.55. The van der Waals surface area contributed by atoms with Crippen LogP contribution in [0.25, 0.3) is 104 Å². The molecule has 0 radical (unpaired) electrons. The Bertz CT molecular complexity index is 3510. The second-order valence-electron chi connectivity index (χ2n) is 15.2. The number of allylic oxidation sites excluding steroid dienone is 3. The number of pyridine rings is 2. The summed E-state index contributed by atoms with van der Waals surface area (Å²) in [7, 11) is 0. The quantitative estimate of drug-likeness (QED) is 0.170. The van der Waals surface area contributed by atoms with Crippen LogP contribution in [-0.4, -0.2) is 9.97 Å². The van der Waals surface area contributed by atoms with Gasteiger partial charge in [0.1, 0.15) is 11.2 Å². The van der Waals surface area contributed by atoms with Gasteiger partial charge in [-0.2, -0.15) is 0 Å². The van der Waals surface area contributed by atoms with Gasteiger partial charge in [0.2, 0.25) is 0 Å². The van der Waals surface area contributed by atoms with Crippen molar-refractivity contribution in [3.8, 4) is 22.4 Å². The van der Waals surface area contributed by atoms with Gasteiger partial charge in [-0.3, -0.25) is 4.98 Å². The van der Waals surface area contributed by atoms with Gasteiger partial charge in [-0.15, -0.1) is 0 Å². The van der Waals surface area contributed by atoms with E-state index in [1.54, 1.807) is 0 Å². The largest absolute Gasteiger partial charge is 0.455 e. The standard InChI is InChI=1S/C54H34N2O/c1-2-10-40(42-27-24-35-9-8-30-55-52(35)44(42)12-3-1)39-25-26-41-38(31-39)23-19-34-18-22-37(32-48(34)41)33-16-20-36(21-17-33)53-47-29-28-45-43-11-5-7-15-50(43)57-54(45)51(47)46-13-4-6-14-49(46)56-53/h1-2,4-11,13-32H,3,12H2/b2-1-,40-10-. The van der Waals surface area contributed by atoms with E-state index < -0.39 is 0 Å². The zero-order valence-electron chi connectivity index (χ0n) is 31.0. The molecule has 11 aromatic rings. The summed E-state index contributed by atoms with van der Waals surface area (Å²) in [6, 6.07) is 56.9. The Hall–Kier alpha value is -7.36. The molecule has 0 bridgehead atoms. The third-order valence-electron chi connectivity index (χ3n) is 12.0. The van der Waals surface area contributed by atoms with E-state index in [2.05, 4.69) is 158 Å². The second-order valence-corrected chi connectivity index (χ2v) is 15.2. The van der Waals surface area contributed by atoms with E-state index in [1.165, 1.54) is 60.3 Å². The van der Waals surface area contributed by atoms with Gasteiger partial charge < -0.3 is 4.42 Å². The number of nitrogens with zero attached hydrogens (tertiary/aromatic N) is 2. The summed E-state index contributed by atoms with van der Waals surface area (Å²) >= 11 is 0. The van der Waals surface area contributed by atoms with Crippen molar-refractivity contribution >= 4 is 81.6 Å². The molecule has 0 N–H and O–H groups in total. The lowest BCUT2D eigenvalue weighted by Crippen LogP contribution is -2.00. The van der Waals surface area contributed by atoms with Crippen LogP contribution in [-0.2, 0) is 6.42 Å². The molecule has 0 atom stereocenters. The van der Waals surface area contributed by atoms with Crippen molar-refractivity contribution < 1.29 is 4.42 Å². The predicted molar refractivity (Wildman–Crippen MR) is 239 cm³/mol. The molecule has 0 fully saturated rings. The highest BCUT2D eigenvalue weighted by Gasteiger charge is 2.18. The minimum atomic E-state index is 0.901. The number of benzene rings is 8. The summed E-state index contributed by atoms with van der Waals surface area (Å²) < 4.78 is 6.55. The zero-order valence-corrected chi connectivity index (χ0v) is 31.0. The minimum absolute atomic E-state index is 0.901. The number of fused-ring (bicyclic) bond motifs is 13. The third-order valence-corrected chi connectivity index (χ3v) is 12.0. The highest BCUT2D eigenvalue weighted by atomic mass is 16.3. The number of hydrogen-bond donors (Lipinski definition) is 0. The number of furan rings is 1. The number of rotatable bonds is 3. The van der Waals surface area contributed by atoms with E-state index in [1.807, 2.05) is 24.4 Å². The van der Waals surface area contributed by atoms with Gasteiger partial charge in [0, 0.05) is 44.1 Å². The van der Waals surface area contributed by atoms with Crippen LogP contribution in [0.4, 0.5) is 0 Å². The van der Waals surface area contributed by atoms with Gasteiger partial charge in [-0.05, 0) is 104 Å². The molecule has 0 unspecified atom stereocenters. The van der Waals surface area contributed by atoms with Gasteiger partial charge in [0.25, 0.3) is 0 Å². The lowest BCUT2D eigenvalue weighted by Gasteiger charge is -2.17. The average Bonchev–Trinajstić information content (AvgIpc) is 3.65. The summed E-state index contributed by atoms with van der Waals surface area (Å²) in [6.45, 7) is 0. The molecule has 0 saturated carbocycles. The van der Waals surface area contributed by atoms with Crippen LogP contribution in [0.5, 0.6) is 0 Å². The van der Waals surface area contributed by atoms with Crippen molar-refractivity contribution in [1.29, 1.82) is 0 Å². The molecule has 0 spiro atoms. The topological polar surface area (TPSA) is 38.9 Å². The molecular formula is C54H34N2O. The third kappa shape index (κ3) is 5.06. The van der Waals surface area contributed by atoms with Gasteiger partial charge in [-0.25, -0.2) is 4.98 Å². The van der Waals surface area contributed by atoms with Crippen LogP contribution in [0.1, 0.15) is 23.1 Å². The van der Waals surface area contributed by atoms with Crippen molar-refractivity contribution in [3.63, 3.8) is 0 Å². The highest BCUT2D eigenvalue weighted by Crippen LogP contribution is 2.41. The number of para-hydroxylation sites is 2. The monoisotopic (exact) mass is 726 g/mol. The Morgan fingerprint density at radius 2 is 1.26 bits per heavy atom. The molecule has 3 aromatic heterocycles. The Morgan fingerprint density at radius 1 is 0.509 bits per heavy atom. The lowest BCUT2D eigenvalue weighted by molar-refractivity contribution is 0.673. The molecule has 8 aromatic carbocycles. The number of aromatic nitrogens is 2. The molecule has 12 rings (SSSR count). The van der Waals surface area contributed by atoms with Gasteiger partial charge in [0.05, 0.1) is 16.7 Å². The molecular weight excluding hydrogens is 693 g/mol. The van der Waals surface area contributed by atoms with Crippen molar-refractivity contribution in [3.05, 3.63) is 199 Å². The van der Waals surface area contributed by atoms with E-state index in [-0.39, 0.29) is 0 Å². The fraction of sp³-hybridized carbons (Fsp3) is 0.0370. The minimum Gasteiger partial charge on any atom is -0.455 e. The molecule has 57 heavy (non-hydrogen) atoms. The van der Waals surface area contributed by atoms with Crippen LogP contribution in [0.3, 0.4) is 0 Å². The first-order valence-corrected chi connectivity index (χ1v) is 19.7. The van der Waals surface area contributed by atoms with E-state index in [0.29, 0.717) is 0 Å². The van der Waals surface area contributed by atoms with E-state index in [9.17, 15) is 0 Å².